The summed E-state index contributed by atoms with van der Waals surface area (Å²) in [5.41, 5.74) is 1.09. The van der Waals surface area contributed by atoms with E-state index in [2.05, 4.69) is 15.3 Å². The van der Waals surface area contributed by atoms with Crippen molar-refractivity contribution in [3.05, 3.63) is 51.6 Å². The number of hydrogen-bond acceptors (Lipinski definition) is 4. The van der Waals surface area contributed by atoms with Crippen molar-refractivity contribution in [2.45, 2.75) is 6.54 Å². The highest BCUT2D eigenvalue weighted by Gasteiger charge is 2.16. The summed E-state index contributed by atoms with van der Waals surface area (Å²) in [5.74, 6) is 0. The molecule has 88 valence electrons. The van der Waals surface area contributed by atoms with Crippen LogP contribution in [0.1, 0.15) is 5.69 Å². The predicted octanol–water partition coefficient (Wildman–Crippen LogP) is 2.58. The third kappa shape index (κ3) is 2.54. The number of hydrogen-bond donors (Lipinski definition) is 2. The topological polar surface area (TPSA) is 83.8 Å². The van der Waals surface area contributed by atoms with Gasteiger partial charge in [-0.25, -0.2) is 4.98 Å². The number of H-pyrrole nitrogens is 1. The Morgan fingerprint density at radius 2 is 2.35 bits per heavy atom. The average molecular weight is 253 g/mol. The van der Waals surface area contributed by atoms with Crippen LogP contribution in [0.4, 0.5) is 11.4 Å². The van der Waals surface area contributed by atoms with Crippen LogP contribution in [0.5, 0.6) is 0 Å². The molecular formula is C10H9ClN4O2. The molecule has 2 N–H and O–H groups in total. The summed E-state index contributed by atoms with van der Waals surface area (Å²) in [5, 5.41) is 14.1. The summed E-state index contributed by atoms with van der Waals surface area (Å²) in [7, 11) is 0. The Morgan fingerprint density at radius 1 is 1.53 bits per heavy atom. The van der Waals surface area contributed by atoms with Crippen LogP contribution in [0, 0.1) is 10.1 Å². The van der Waals surface area contributed by atoms with Crippen molar-refractivity contribution < 1.29 is 4.92 Å². The first-order valence-corrected chi connectivity index (χ1v) is 5.20. The Kier molecular flexibility index (Phi) is 3.24. The number of imidazole rings is 1. The Balaban J connectivity index is 2.22. The summed E-state index contributed by atoms with van der Waals surface area (Å²) < 4.78 is 0. The number of nitrogens with zero attached hydrogens (tertiary/aromatic N) is 2. The van der Waals surface area contributed by atoms with Gasteiger partial charge in [0, 0.05) is 12.3 Å². The Bertz CT molecular complexity index is 527. The van der Waals surface area contributed by atoms with E-state index >= 15 is 0 Å². The summed E-state index contributed by atoms with van der Waals surface area (Å²) in [6.45, 7) is 0.393. The summed E-state index contributed by atoms with van der Waals surface area (Å²) in [4.78, 5) is 17.1. The molecule has 0 bridgehead atoms. The number of para-hydroxylation sites is 1. The Hall–Kier alpha value is -2.08. The highest BCUT2D eigenvalue weighted by atomic mass is 35.5. The molecule has 0 amide bonds. The van der Waals surface area contributed by atoms with Crippen LogP contribution in [0.25, 0.3) is 0 Å². The zero-order valence-corrected chi connectivity index (χ0v) is 9.44. The molecule has 0 saturated heterocycles. The minimum atomic E-state index is -0.471. The van der Waals surface area contributed by atoms with Gasteiger partial charge in [0.1, 0.15) is 5.69 Å². The third-order valence-corrected chi connectivity index (χ3v) is 2.51. The van der Waals surface area contributed by atoms with Gasteiger partial charge >= 0.3 is 0 Å². The predicted molar refractivity (Wildman–Crippen MR) is 64.0 cm³/mol. The van der Waals surface area contributed by atoms with Crippen LogP contribution in [-0.2, 0) is 6.54 Å². The second-order valence-corrected chi connectivity index (χ2v) is 3.73. The van der Waals surface area contributed by atoms with Crippen LogP contribution in [0.2, 0.25) is 5.02 Å². The van der Waals surface area contributed by atoms with E-state index < -0.39 is 4.92 Å². The maximum absolute atomic E-state index is 10.8. The lowest BCUT2D eigenvalue weighted by Crippen LogP contribution is -2.03. The van der Waals surface area contributed by atoms with Crippen LogP contribution in [0.15, 0.2) is 30.7 Å². The van der Waals surface area contributed by atoms with Crippen LogP contribution < -0.4 is 5.32 Å². The number of aromatic amines is 1. The number of rotatable bonds is 4. The molecule has 0 aliphatic rings. The van der Waals surface area contributed by atoms with Crippen molar-refractivity contribution in [2.24, 2.45) is 0 Å². The summed E-state index contributed by atoms with van der Waals surface area (Å²) >= 11 is 5.92. The maximum atomic E-state index is 10.8. The maximum Gasteiger partial charge on any atom is 0.293 e. The normalized spacial score (nSPS) is 10.2. The van der Waals surface area contributed by atoms with E-state index in [-0.39, 0.29) is 5.69 Å². The molecule has 17 heavy (non-hydrogen) atoms. The fraction of sp³-hybridized carbons (Fsp3) is 0.100. The van der Waals surface area contributed by atoms with Gasteiger partial charge in [-0.2, -0.15) is 0 Å². The monoisotopic (exact) mass is 252 g/mol. The van der Waals surface area contributed by atoms with Gasteiger partial charge in [-0.1, -0.05) is 17.7 Å². The number of aromatic nitrogens is 2. The lowest BCUT2D eigenvalue weighted by atomic mass is 10.2. The smallest absolute Gasteiger partial charge is 0.293 e. The van der Waals surface area contributed by atoms with Crippen molar-refractivity contribution in [3.63, 3.8) is 0 Å². The fourth-order valence-corrected chi connectivity index (χ4v) is 1.64. The standard InChI is InChI=1S/C10H9ClN4O2/c11-8-2-1-3-9(15(16)17)10(8)13-5-7-4-12-6-14-7/h1-4,6,13H,5H2,(H,12,14). The summed E-state index contributed by atoms with van der Waals surface area (Å²) in [6.07, 6.45) is 3.17. The number of benzene rings is 1. The van der Waals surface area contributed by atoms with E-state index in [0.29, 0.717) is 17.3 Å². The molecule has 1 aromatic carbocycles. The van der Waals surface area contributed by atoms with Gasteiger partial charge in [0.25, 0.3) is 5.69 Å². The molecule has 0 aliphatic carbocycles. The minimum Gasteiger partial charge on any atom is -0.373 e. The first kappa shape index (κ1) is 11.4. The van der Waals surface area contributed by atoms with Crippen LogP contribution in [0.3, 0.4) is 0 Å². The van der Waals surface area contributed by atoms with E-state index in [1.807, 2.05) is 0 Å². The zero-order chi connectivity index (χ0) is 12.3. The molecule has 1 heterocycles. The van der Waals surface area contributed by atoms with E-state index in [4.69, 9.17) is 11.6 Å². The van der Waals surface area contributed by atoms with Gasteiger partial charge in [-0.3, -0.25) is 10.1 Å². The molecule has 2 aromatic rings. The quantitative estimate of drug-likeness (QED) is 0.647. The highest BCUT2D eigenvalue weighted by Crippen LogP contribution is 2.31. The number of halogens is 1. The van der Waals surface area contributed by atoms with Crippen molar-refractivity contribution in [3.8, 4) is 0 Å². The fourth-order valence-electron chi connectivity index (χ4n) is 1.40. The second-order valence-electron chi connectivity index (χ2n) is 3.32. The first-order valence-electron chi connectivity index (χ1n) is 4.82. The van der Waals surface area contributed by atoms with E-state index in [1.165, 1.54) is 12.4 Å². The van der Waals surface area contributed by atoms with Crippen molar-refractivity contribution in [1.82, 2.24) is 9.97 Å². The molecule has 7 heteroatoms. The first-order chi connectivity index (χ1) is 8.18. The van der Waals surface area contributed by atoms with Crippen LogP contribution >= 0.6 is 11.6 Å². The minimum absolute atomic E-state index is 0.0444. The molecule has 2 rings (SSSR count). The number of nitro groups is 1. The average Bonchev–Trinajstić information content (AvgIpc) is 2.80. The molecule has 0 spiro atoms. The van der Waals surface area contributed by atoms with Gasteiger partial charge < -0.3 is 10.3 Å². The molecule has 1 aromatic heterocycles. The number of nitrogens with one attached hydrogen (secondary N) is 2. The second kappa shape index (κ2) is 4.84. The van der Waals surface area contributed by atoms with E-state index in [0.717, 1.165) is 5.69 Å². The molecule has 0 aliphatic heterocycles. The van der Waals surface area contributed by atoms with E-state index in [1.54, 1.807) is 18.3 Å². The molecule has 0 radical (unpaired) electrons. The zero-order valence-electron chi connectivity index (χ0n) is 8.68. The van der Waals surface area contributed by atoms with Crippen molar-refractivity contribution in [1.29, 1.82) is 0 Å². The Labute approximate surface area is 102 Å². The molecule has 0 atom stereocenters. The van der Waals surface area contributed by atoms with Gasteiger partial charge in [-0.05, 0) is 6.07 Å². The van der Waals surface area contributed by atoms with Gasteiger partial charge in [0.15, 0.2) is 0 Å². The summed E-state index contributed by atoms with van der Waals surface area (Å²) in [6, 6.07) is 4.55. The molecule has 0 unspecified atom stereocenters. The highest BCUT2D eigenvalue weighted by molar-refractivity contribution is 6.33. The number of nitro benzene ring substituents is 1. The van der Waals surface area contributed by atoms with Crippen molar-refractivity contribution >= 4 is 23.0 Å². The largest absolute Gasteiger partial charge is 0.373 e. The third-order valence-electron chi connectivity index (χ3n) is 2.20. The lowest BCUT2D eigenvalue weighted by molar-refractivity contribution is -0.383. The number of anilines is 1. The van der Waals surface area contributed by atoms with Gasteiger partial charge in [0.05, 0.1) is 28.5 Å². The molecule has 0 fully saturated rings. The molecular weight excluding hydrogens is 244 g/mol. The van der Waals surface area contributed by atoms with Gasteiger partial charge in [-0.15, -0.1) is 0 Å². The van der Waals surface area contributed by atoms with Gasteiger partial charge in [0.2, 0.25) is 0 Å². The van der Waals surface area contributed by atoms with Crippen LogP contribution in [-0.4, -0.2) is 14.9 Å². The van der Waals surface area contributed by atoms with E-state index in [9.17, 15) is 10.1 Å². The lowest BCUT2D eigenvalue weighted by Gasteiger charge is -2.07. The molecule has 0 saturated carbocycles. The van der Waals surface area contributed by atoms with Crippen molar-refractivity contribution in [2.75, 3.05) is 5.32 Å². The molecule has 6 nitrogen and oxygen atoms in total. The Morgan fingerprint density at radius 3 is 3.00 bits per heavy atom. The SMILES string of the molecule is O=[N+]([O-])c1cccc(Cl)c1NCc1cnc[nH]1.